The molecule has 1 aromatic rings. The molecule has 0 aliphatic carbocycles. The number of nitrogens with two attached hydrogens (primary N) is 1. The zero-order chi connectivity index (χ0) is 9.84. The Labute approximate surface area is 81.9 Å². The monoisotopic (exact) mass is 198 g/mol. The fourth-order valence-corrected chi connectivity index (χ4v) is 1.62. The van der Waals surface area contributed by atoms with E-state index in [0.717, 1.165) is 6.42 Å². The Balaban J connectivity index is 2.64. The quantitative estimate of drug-likeness (QED) is 0.779. The molecule has 1 rings (SSSR count). The molecule has 1 atom stereocenters. The Morgan fingerprint density at radius 3 is 2.92 bits per heavy atom. The number of hydrogen-bond donors (Lipinski definition) is 2. The molecule has 72 valence electrons. The van der Waals surface area contributed by atoms with Gasteiger partial charge >= 0.3 is 0 Å². The molecule has 0 fully saturated rings. The third-order valence-electron chi connectivity index (χ3n) is 1.89. The molecule has 0 bridgehead atoms. The summed E-state index contributed by atoms with van der Waals surface area (Å²) in [5.41, 5.74) is 6.17. The van der Waals surface area contributed by atoms with Crippen LogP contribution in [0.25, 0.3) is 0 Å². The van der Waals surface area contributed by atoms with Gasteiger partial charge in [-0.1, -0.05) is 6.92 Å². The second-order valence-electron chi connectivity index (χ2n) is 2.99. The molecule has 3 N–H and O–H groups in total. The summed E-state index contributed by atoms with van der Waals surface area (Å²) in [5.74, 6) is -0.0677. The van der Waals surface area contributed by atoms with E-state index in [0.29, 0.717) is 10.6 Å². The maximum absolute atomic E-state index is 11.5. The second-order valence-corrected chi connectivity index (χ2v) is 3.90. The van der Waals surface area contributed by atoms with Gasteiger partial charge in [-0.15, -0.1) is 11.3 Å². The molecule has 0 aliphatic rings. The van der Waals surface area contributed by atoms with E-state index >= 15 is 0 Å². The number of carbonyl (C=O) groups is 1. The van der Waals surface area contributed by atoms with Crippen LogP contribution in [0.4, 0.5) is 5.69 Å². The molecular formula is C9H14N2OS. The summed E-state index contributed by atoms with van der Waals surface area (Å²) in [6.45, 7) is 4.00. The Morgan fingerprint density at radius 1 is 1.77 bits per heavy atom. The van der Waals surface area contributed by atoms with Gasteiger partial charge in [0, 0.05) is 6.04 Å². The highest BCUT2D eigenvalue weighted by atomic mass is 32.1. The van der Waals surface area contributed by atoms with E-state index in [-0.39, 0.29) is 11.9 Å². The highest BCUT2D eigenvalue weighted by Gasteiger charge is 2.12. The van der Waals surface area contributed by atoms with Crippen molar-refractivity contribution >= 4 is 22.9 Å². The minimum atomic E-state index is -0.0677. The molecule has 0 aromatic carbocycles. The lowest BCUT2D eigenvalue weighted by molar-refractivity contribution is 0.0944. The van der Waals surface area contributed by atoms with Gasteiger partial charge < -0.3 is 11.1 Å². The number of rotatable bonds is 3. The molecule has 0 saturated heterocycles. The van der Waals surface area contributed by atoms with Gasteiger partial charge in [0.25, 0.3) is 5.91 Å². The van der Waals surface area contributed by atoms with Crippen LogP contribution in [0.3, 0.4) is 0 Å². The molecule has 3 nitrogen and oxygen atoms in total. The Morgan fingerprint density at radius 2 is 2.46 bits per heavy atom. The number of hydrogen-bond acceptors (Lipinski definition) is 3. The standard InChI is InChI=1S/C9H14N2OS/c1-3-6(2)11-9(12)8-7(10)4-5-13-8/h4-6H,3,10H2,1-2H3,(H,11,12). The van der Waals surface area contributed by atoms with Crippen LogP contribution in [0.1, 0.15) is 29.9 Å². The van der Waals surface area contributed by atoms with E-state index < -0.39 is 0 Å². The van der Waals surface area contributed by atoms with Crippen molar-refractivity contribution in [3.8, 4) is 0 Å². The third kappa shape index (κ3) is 2.45. The lowest BCUT2D eigenvalue weighted by atomic mass is 10.2. The average Bonchev–Trinajstić information content (AvgIpc) is 2.51. The van der Waals surface area contributed by atoms with Gasteiger partial charge in [-0.3, -0.25) is 4.79 Å². The predicted octanol–water partition coefficient (Wildman–Crippen LogP) is 1.86. The van der Waals surface area contributed by atoms with E-state index in [1.165, 1.54) is 11.3 Å². The summed E-state index contributed by atoms with van der Waals surface area (Å²) < 4.78 is 0. The van der Waals surface area contributed by atoms with Crippen molar-refractivity contribution in [3.05, 3.63) is 16.3 Å². The van der Waals surface area contributed by atoms with Crippen LogP contribution in [-0.4, -0.2) is 11.9 Å². The van der Waals surface area contributed by atoms with Crippen molar-refractivity contribution < 1.29 is 4.79 Å². The van der Waals surface area contributed by atoms with Crippen LogP contribution in [0.15, 0.2) is 11.4 Å². The highest BCUT2D eigenvalue weighted by molar-refractivity contribution is 7.12. The number of amides is 1. The van der Waals surface area contributed by atoms with E-state index in [1.54, 1.807) is 6.07 Å². The van der Waals surface area contributed by atoms with E-state index in [1.807, 2.05) is 19.2 Å². The van der Waals surface area contributed by atoms with Gasteiger partial charge in [0.05, 0.1) is 5.69 Å². The zero-order valence-corrected chi connectivity index (χ0v) is 8.65. The third-order valence-corrected chi connectivity index (χ3v) is 2.82. The van der Waals surface area contributed by atoms with Crippen molar-refractivity contribution in [3.63, 3.8) is 0 Å². The minimum absolute atomic E-state index is 0.0677. The van der Waals surface area contributed by atoms with Crippen LogP contribution < -0.4 is 11.1 Å². The summed E-state index contributed by atoms with van der Waals surface area (Å²) in [4.78, 5) is 12.1. The highest BCUT2D eigenvalue weighted by Crippen LogP contribution is 2.18. The molecule has 13 heavy (non-hydrogen) atoms. The van der Waals surface area contributed by atoms with Crippen molar-refractivity contribution in [1.82, 2.24) is 5.32 Å². The molecule has 0 radical (unpaired) electrons. The first kappa shape index (κ1) is 10.1. The molecule has 1 aromatic heterocycles. The lowest BCUT2D eigenvalue weighted by Gasteiger charge is -2.10. The molecule has 1 heterocycles. The van der Waals surface area contributed by atoms with Gasteiger partial charge in [0.15, 0.2) is 0 Å². The molecule has 4 heteroatoms. The Hall–Kier alpha value is -1.03. The van der Waals surface area contributed by atoms with Crippen LogP contribution >= 0.6 is 11.3 Å². The topological polar surface area (TPSA) is 55.1 Å². The molecule has 0 saturated carbocycles. The maximum Gasteiger partial charge on any atom is 0.263 e. The first-order valence-electron chi connectivity index (χ1n) is 4.29. The summed E-state index contributed by atoms with van der Waals surface area (Å²) in [5, 5.41) is 4.68. The SMILES string of the molecule is CCC(C)NC(=O)c1sccc1N. The molecule has 1 unspecified atom stereocenters. The Bertz CT molecular complexity index is 296. The first-order valence-corrected chi connectivity index (χ1v) is 5.17. The van der Waals surface area contributed by atoms with E-state index in [9.17, 15) is 4.79 Å². The van der Waals surface area contributed by atoms with E-state index in [2.05, 4.69) is 5.32 Å². The number of nitrogen functional groups attached to an aromatic ring is 1. The van der Waals surface area contributed by atoms with Crippen LogP contribution in [0.5, 0.6) is 0 Å². The summed E-state index contributed by atoms with van der Waals surface area (Å²) in [6, 6.07) is 1.95. The van der Waals surface area contributed by atoms with Gasteiger partial charge in [0.2, 0.25) is 0 Å². The van der Waals surface area contributed by atoms with Gasteiger partial charge in [0.1, 0.15) is 4.88 Å². The fraction of sp³-hybridized carbons (Fsp3) is 0.444. The smallest absolute Gasteiger partial charge is 0.263 e. The lowest BCUT2D eigenvalue weighted by Crippen LogP contribution is -2.31. The van der Waals surface area contributed by atoms with Crippen LogP contribution in [0.2, 0.25) is 0 Å². The Kier molecular flexibility index (Phi) is 3.31. The fourth-order valence-electron chi connectivity index (χ4n) is 0.895. The van der Waals surface area contributed by atoms with Crippen molar-refractivity contribution in [2.75, 3.05) is 5.73 Å². The zero-order valence-electron chi connectivity index (χ0n) is 7.83. The molecule has 0 aliphatic heterocycles. The van der Waals surface area contributed by atoms with Crippen molar-refractivity contribution in [2.45, 2.75) is 26.3 Å². The van der Waals surface area contributed by atoms with E-state index in [4.69, 9.17) is 5.73 Å². The van der Waals surface area contributed by atoms with Crippen molar-refractivity contribution in [2.24, 2.45) is 0 Å². The number of nitrogens with one attached hydrogen (secondary N) is 1. The van der Waals surface area contributed by atoms with Crippen LogP contribution in [0, 0.1) is 0 Å². The average molecular weight is 198 g/mol. The van der Waals surface area contributed by atoms with Crippen LogP contribution in [-0.2, 0) is 0 Å². The van der Waals surface area contributed by atoms with Crippen molar-refractivity contribution in [1.29, 1.82) is 0 Å². The molecular weight excluding hydrogens is 184 g/mol. The first-order chi connectivity index (χ1) is 6.15. The largest absolute Gasteiger partial charge is 0.397 e. The van der Waals surface area contributed by atoms with Gasteiger partial charge in [-0.25, -0.2) is 0 Å². The minimum Gasteiger partial charge on any atom is -0.397 e. The number of thiophene rings is 1. The number of carbonyl (C=O) groups excluding carboxylic acids is 1. The maximum atomic E-state index is 11.5. The summed E-state index contributed by atoms with van der Waals surface area (Å²) in [6.07, 6.45) is 0.928. The second kappa shape index (κ2) is 4.28. The van der Waals surface area contributed by atoms with Gasteiger partial charge in [-0.05, 0) is 24.8 Å². The van der Waals surface area contributed by atoms with Gasteiger partial charge in [-0.2, -0.15) is 0 Å². The number of anilines is 1. The molecule has 0 spiro atoms. The molecule has 1 amide bonds. The normalized spacial score (nSPS) is 12.5. The predicted molar refractivity (Wildman–Crippen MR) is 56.0 cm³/mol. The summed E-state index contributed by atoms with van der Waals surface area (Å²) >= 11 is 1.37. The summed E-state index contributed by atoms with van der Waals surface area (Å²) in [7, 11) is 0.